The molecule has 1 atom stereocenters. The number of hydrogen-bond acceptors (Lipinski definition) is 5. The molecule has 0 N–H and O–H groups in total. The van der Waals surface area contributed by atoms with E-state index in [1.54, 1.807) is 12.1 Å². The molecular formula is C18H15NO5. The topological polar surface area (TPSA) is 72.9 Å². The molecule has 0 bridgehead atoms. The van der Waals surface area contributed by atoms with Crippen LogP contribution in [0.1, 0.15) is 33.2 Å². The van der Waals surface area contributed by atoms with Crippen LogP contribution in [-0.2, 0) is 21.0 Å². The van der Waals surface area contributed by atoms with Gasteiger partial charge in [0.2, 0.25) is 0 Å². The van der Waals surface area contributed by atoms with Gasteiger partial charge in [-0.25, -0.2) is 4.79 Å². The number of benzene rings is 2. The number of carbonyl (C=O) groups is 3. The van der Waals surface area contributed by atoms with Crippen LogP contribution in [0.2, 0.25) is 0 Å². The first-order chi connectivity index (χ1) is 11.6. The van der Waals surface area contributed by atoms with E-state index in [4.69, 9.17) is 9.57 Å². The van der Waals surface area contributed by atoms with Gasteiger partial charge in [-0.15, -0.1) is 0 Å². The molecule has 0 aromatic heterocycles. The Morgan fingerprint density at radius 2 is 1.50 bits per heavy atom. The number of nitrogens with zero attached hydrogens (tertiary/aromatic N) is 1. The molecule has 2 aromatic carbocycles. The van der Waals surface area contributed by atoms with E-state index in [1.165, 1.54) is 19.1 Å². The summed E-state index contributed by atoms with van der Waals surface area (Å²) in [5.74, 6) is -2.11. The van der Waals surface area contributed by atoms with Gasteiger partial charge in [-0.1, -0.05) is 47.5 Å². The summed E-state index contributed by atoms with van der Waals surface area (Å²) in [5.41, 5.74) is 1.33. The summed E-state index contributed by atoms with van der Waals surface area (Å²) in [6.45, 7) is 1.72. The van der Waals surface area contributed by atoms with Crippen molar-refractivity contribution in [1.82, 2.24) is 5.06 Å². The number of carbonyl (C=O) groups excluding carboxylic acids is 3. The van der Waals surface area contributed by atoms with Gasteiger partial charge in [0.1, 0.15) is 0 Å². The van der Waals surface area contributed by atoms with E-state index in [-0.39, 0.29) is 17.7 Å². The Morgan fingerprint density at radius 3 is 2.08 bits per heavy atom. The van der Waals surface area contributed by atoms with E-state index in [0.29, 0.717) is 5.06 Å². The molecule has 0 fully saturated rings. The lowest BCUT2D eigenvalue weighted by atomic mass is 10.1. The zero-order valence-electron chi connectivity index (χ0n) is 13.0. The van der Waals surface area contributed by atoms with Crippen LogP contribution in [0.25, 0.3) is 0 Å². The van der Waals surface area contributed by atoms with Crippen LogP contribution in [-0.4, -0.2) is 29.0 Å². The molecule has 0 saturated heterocycles. The average Bonchev–Trinajstić information content (AvgIpc) is 2.86. The third kappa shape index (κ3) is 3.04. The number of imide groups is 1. The van der Waals surface area contributed by atoms with Crippen molar-refractivity contribution < 1.29 is 24.0 Å². The van der Waals surface area contributed by atoms with Crippen molar-refractivity contribution in [2.45, 2.75) is 19.6 Å². The van der Waals surface area contributed by atoms with Crippen molar-refractivity contribution >= 4 is 17.8 Å². The summed E-state index contributed by atoms with van der Waals surface area (Å²) in [5, 5.41) is 0.482. The van der Waals surface area contributed by atoms with Crippen molar-refractivity contribution in [1.29, 1.82) is 0 Å². The maximum absolute atomic E-state index is 12.1. The number of ether oxygens (including phenoxy) is 1. The van der Waals surface area contributed by atoms with Crippen LogP contribution in [0, 0.1) is 0 Å². The van der Waals surface area contributed by atoms with Crippen LogP contribution < -0.4 is 0 Å². The molecule has 2 aromatic rings. The minimum atomic E-state index is -0.922. The predicted octanol–water partition coefficient (Wildman–Crippen LogP) is 2.35. The first-order valence-corrected chi connectivity index (χ1v) is 7.43. The summed E-state index contributed by atoms with van der Waals surface area (Å²) in [4.78, 5) is 41.3. The van der Waals surface area contributed by atoms with Gasteiger partial charge in [0.25, 0.3) is 11.8 Å². The highest BCUT2D eigenvalue weighted by Crippen LogP contribution is 2.23. The summed E-state index contributed by atoms with van der Waals surface area (Å²) >= 11 is 0. The van der Waals surface area contributed by atoms with Crippen molar-refractivity contribution in [3.8, 4) is 0 Å². The summed E-state index contributed by atoms with van der Waals surface area (Å²) in [6.07, 6.45) is -0.922. The minimum Gasteiger partial charge on any atom is -0.362 e. The van der Waals surface area contributed by atoms with Crippen molar-refractivity contribution in [3.63, 3.8) is 0 Å². The molecule has 1 aliphatic heterocycles. The second kappa shape index (κ2) is 6.64. The molecule has 0 spiro atoms. The Morgan fingerprint density at radius 1 is 0.958 bits per heavy atom. The van der Waals surface area contributed by atoms with Crippen LogP contribution in [0.15, 0.2) is 54.6 Å². The maximum atomic E-state index is 12.1. The molecule has 1 heterocycles. The maximum Gasteiger partial charge on any atom is 0.361 e. The molecule has 6 heteroatoms. The van der Waals surface area contributed by atoms with E-state index in [2.05, 4.69) is 0 Å². The molecule has 2 amide bonds. The fraction of sp³-hybridized carbons (Fsp3) is 0.167. The van der Waals surface area contributed by atoms with E-state index < -0.39 is 23.9 Å². The van der Waals surface area contributed by atoms with Crippen LogP contribution in [0.4, 0.5) is 0 Å². The van der Waals surface area contributed by atoms with E-state index >= 15 is 0 Å². The van der Waals surface area contributed by atoms with Crippen LogP contribution in [0.3, 0.4) is 0 Å². The number of fused-ring (bicyclic) bond motifs is 1. The van der Waals surface area contributed by atoms with E-state index in [0.717, 1.165) is 5.56 Å². The van der Waals surface area contributed by atoms with Gasteiger partial charge in [-0.3, -0.25) is 9.59 Å². The normalized spacial score (nSPS) is 14.5. The summed E-state index contributed by atoms with van der Waals surface area (Å²) < 4.78 is 5.42. The lowest BCUT2D eigenvalue weighted by Crippen LogP contribution is -2.36. The highest BCUT2D eigenvalue weighted by atomic mass is 16.7. The monoisotopic (exact) mass is 325 g/mol. The molecule has 0 unspecified atom stereocenters. The molecule has 3 rings (SSSR count). The second-order valence-electron chi connectivity index (χ2n) is 5.30. The molecule has 24 heavy (non-hydrogen) atoms. The minimum absolute atomic E-state index is 0.216. The quantitative estimate of drug-likeness (QED) is 0.789. The summed E-state index contributed by atoms with van der Waals surface area (Å²) in [7, 11) is 0. The number of hydroxylamine groups is 2. The third-order valence-electron chi connectivity index (χ3n) is 3.61. The van der Waals surface area contributed by atoms with Gasteiger partial charge in [0, 0.05) is 0 Å². The van der Waals surface area contributed by atoms with Crippen LogP contribution >= 0.6 is 0 Å². The van der Waals surface area contributed by atoms with Gasteiger partial charge in [0.15, 0.2) is 6.10 Å². The highest BCUT2D eigenvalue weighted by molar-refractivity contribution is 6.20. The molecule has 0 saturated carbocycles. The fourth-order valence-electron chi connectivity index (χ4n) is 2.28. The van der Waals surface area contributed by atoms with Gasteiger partial charge < -0.3 is 9.57 Å². The Balaban J connectivity index is 1.61. The third-order valence-corrected chi connectivity index (χ3v) is 3.61. The lowest BCUT2D eigenvalue weighted by molar-refractivity contribution is -0.181. The first kappa shape index (κ1) is 15.9. The fourth-order valence-corrected chi connectivity index (χ4v) is 2.28. The van der Waals surface area contributed by atoms with Crippen LogP contribution in [0.5, 0.6) is 0 Å². The molecular weight excluding hydrogens is 310 g/mol. The Bertz CT molecular complexity index is 752. The van der Waals surface area contributed by atoms with Gasteiger partial charge in [-0.05, 0) is 24.6 Å². The standard InChI is InChI=1S/C18H15NO5/c1-12(23-11-13-7-3-2-4-8-13)18(22)24-19-16(20)14-9-5-6-10-15(14)17(19)21/h2-10,12H,11H2,1H3/t12-/m1/s1. The van der Waals surface area contributed by atoms with Gasteiger partial charge >= 0.3 is 5.97 Å². The number of amides is 2. The SMILES string of the molecule is C[C@@H](OCc1ccccc1)C(=O)ON1C(=O)c2ccccc2C1=O. The summed E-state index contributed by atoms with van der Waals surface area (Å²) in [6, 6.07) is 15.6. The van der Waals surface area contributed by atoms with Gasteiger partial charge in [0.05, 0.1) is 17.7 Å². The Kier molecular flexibility index (Phi) is 4.39. The zero-order chi connectivity index (χ0) is 17.1. The molecule has 0 radical (unpaired) electrons. The van der Waals surface area contributed by atoms with E-state index in [9.17, 15) is 14.4 Å². The van der Waals surface area contributed by atoms with E-state index in [1.807, 2.05) is 30.3 Å². The lowest BCUT2D eigenvalue weighted by Gasteiger charge is -2.16. The van der Waals surface area contributed by atoms with Gasteiger partial charge in [-0.2, -0.15) is 0 Å². The van der Waals surface area contributed by atoms with Crippen molar-refractivity contribution in [3.05, 3.63) is 71.3 Å². The smallest absolute Gasteiger partial charge is 0.361 e. The first-order valence-electron chi connectivity index (χ1n) is 7.43. The number of hydrogen-bond donors (Lipinski definition) is 0. The van der Waals surface area contributed by atoms with Crippen molar-refractivity contribution in [2.75, 3.05) is 0 Å². The molecule has 6 nitrogen and oxygen atoms in total. The number of rotatable bonds is 5. The molecule has 122 valence electrons. The largest absolute Gasteiger partial charge is 0.362 e. The second-order valence-corrected chi connectivity index (χ2v) is 5.30. The Hall–Kier alpha value is -2.99. The molecule has 1 aliphatic rings. The highest BCUT2D eigenvalue weighted by Gasteiger charge is 2.39. The Labute approximate surface area is 138 Å². The molecule has 0 aliphatic carbocycles. The zero-order valence-corrected chi connectivity index (χ0v) is 13.0. The average molecular weight is 325 g/mol. The predicted molar refractivity (Wildman–Crippen MR) is 83.7 cm³/mol. The van der Waals surface area contributed by atoms with Crippen molar-refractivity contribution in [2.24, 2.45) is 0 Å².